The van der Waals surface area contributed by atoms with E-state index in [9.17, 15) is 9.59 Å². The zero-order valence-corrected chi connectivity index (χ0v) is 11.1. The fraction of sp³-hybridized carbons (Fsp3) is 0.286. The molecule has 2 aromatic rings. The lowest BCUT2D eigenvalue weighted by Crippen LogP contribution is -2.15. The second-order valence-corrected chi connectivity index (χ2v) is 4.30. The van der Waals surface area contributed by atoms with Crippen LogP contribution in [0.25, 0.3) is 10.9 Å². The number of aromatic nitrogens is 1. The summed E-state index contributed by atoms with van der Waals surface area (Å²) in [6.07, 6.45) is 0.125. The first-order valence-electron chi connectivity index (χ1n) is 5.82. The second-order valence-electron chi connectivity index (χ2n) is 4.30. The van der Waals surface area contributed by atoms with Crippen molar-refractivity contribution in [3.8, 4) is 11.5 Å². The van der Waals surface area contributed by atoms with Crippen molar-refractivity contribution in [2.45, 2.75) is 13.3 Å². The number of methoxy groups -OCH3 is 2. The van der Waals surface area contributed by atoms with Crippen LogP contribution < -0.4 is 15.0 Å². The number of fused-ring (bicyclic) bond motifs is 1. The maximum Gasteiger partial charge on any atom is 0.252 e. The molecule has 1 N–H and O–H groups in total. The number of hydrogen-bond acceptors (Lipinski definition) is 4. The minimum atomic E-state index is -0.255. The number of aromatic amines is 1. The molecule has 100 valence electrons. The summed E-state index contributed by atoms with van der Waals surface area (Å²) in [6.45, 7) is 1.46. The quantitative estimate of drug-likeness (QED) is 0.909. The average molecular weight is 261 g/mol. The molecule has 0 aliphatic carbocycles. The van der Waals surface area contributed by atoms with Crippen LogP contribution in [0.3, 0.4) is 0 Å². The molecule has 1 heterocycles. The lowest BCUT2D eigenvalue weighted by Gasteiger charge is -2.09. The van der Waals surface area contributed by atoms with Gasteiger partial charge in [-0.05, 0) is 19.1 Å². The van der Waals surface area contributed by atoms with E-state index in [4.69, 9.17) is 9.47 Å². The van der Waals surface area contributed by atoms with Crippen molar-refractivity contribution in [3.05, 3.63) is 34.1 Å². The number of carbonyl (C=O) groups excluding carboxylic acids is 1. The van der Waals surface area contributed by atoms with Crippen molar-refractivity contribution in [2.75, 3.05) is 14.2 Å². The van der Waals surface area contributed by atoms with Gasteiger partial charge in [0.25, 0.3) is 5.56 Å². The van der Waals surface area contributed by atoms with E-state index in [0.717, 1.165) is 5.39 Å². The third-order valence-corrected chi connectivity index (χ3v) is 2.86. The number of H-pyrrole nitrogens is 1. The molecule has 0 saturated heterocycles. The molecule has 0 bridgehead atoms. The highest BCUT2D eigenvalue weighted by molar-refractivity contribution is 5.85. The zero-order chi connectivity index (χ0) is 14.0. The molecule has 1 aromatic heterocycles. The number of rotatable bonds is 4. The van der Waals surface area contributed by atoms with Gasteiger partial charge < -0.3 is 14.5 Å². The minimum absolute atomic E-state index is 0.0506. The summed E-state index contributed by atoms with van der Waals surface area (Å²) < 4.78 is 10.4. The Balaban J connectivity index is 2.65. The molecule has 0 fully saturated rings. The molecule has 5 nitrogen and oxygen atoms in total. The highest BCUT2D eigenvalue weighted by atomic mass is 16.5. The highest BCUT2D eigenvalue weighted by Gasteiger charge is 2.10. The molecule has 0 spiro atoms. The van der Waals surface area contributed by atoms with Gasteiger partial charge in [-0.25, -0.2) is 0 Å². The fourth-order valence-corrected chi connectivity index (χ4v) is 1.98. The van der Waals surface area contributed by atoms with Crippen LogP contribution in [0.15, 0.2) is 23.0 Å². The summed E-state index contributed by atoms with van der Waals surface area (Å²) in [5.74, 6) is 1.08. The molecule has 0 unspecified atom stereocenters. The van der Waals surface area contributed by atoms with E-state index in [0.29, 0.717) is 22.6 Å². The van der Waals surface area contributed by atoms with E-state index in [1.165, 1.54) is 14.0 Å². The number of ether oxygens (including phenoxy) is 2. The first-order valence-corrected chi connectivity index (χ1v) is 5.82. The number of pyridine rings is 1. The van der Waals surface area contributed by atoms with Crippen LogP contribution in [0, 0.1) is 0 Å². The predicted molar refractivity (Wildman–Crippen MR) is 72.1 cm³/mol. The Morgan fingerprint density at radius 3 is 2.37 bits per heavy atom. The van der Waals surface area contributed by atoms with Crippen molar-refractivity contribution in [1.82, 2.24) is 4.98 Å². The number of benzene rings is 1. The van der Waals surface area contributed by atoms with Crippen LogP contribution in [0.2, 0.25) is 0 Å². The first kappa shape index (κ1) is 13.1. The largest absolute Gasteiger partial charge is 0.493 e. The summed E-state index contributed by atoms with van der Waals surface area (Å²) >= 11 is 0. The van der Waals surface area contributed by atoms with Crippen LogP contribution in [0.4, 0.5) is 0 Å². The van der Waals surface area contributed by atoms with Crippen molar-refractivity contribution in [2.24, 2.45) is 0 Å². The number of nitrogens with one attached hydrogen (secondary N) is 1. The maximum absolute atomic E-state index is 11.8. The SMILES string of the molecule is COc1cc2cc(CC(C)=O)c(=O)[nH]c2cc1OC. The molecule has 0 aliphatic rings. The van der Waals surface area contributed by atoms with Gasteiger partial charge in [-0.2, -0.15) is 0 Å². The molecule has 19 heavy (non-hydrogen) atoms. The molecule has 0 radical (unpaired) electrons. The monoisotopic (exact) mass is 261 g/mol. The van der Waals surface area contributed by atoms with Crippen LogP contribution in [0.1, 0.15) is 12.5 Å². The Labute approximate surface area is 110 Å². The van der Waals surface area contributed by atoms with Gasteiger partial charge in [-0.3, -0.25) is 9.59 Å². The standard InChI is InChI=1S/C14H15NO4/c1-8(16)4-10-5-9-6-12(18-2)13(19-3)7-11(9)15-14(10)17/h5-7H,4H2,1-3H3,(H,15,17). The van der Waals surface area contributed by atoms with Gasteiger partial charge in [0.05, 0.1) is 19.7 Å². The topological polar surface area (TPSA) is 68.4 Å². The Hall–Kier alpha value is -2.30. The number of hydrogen-bond donors (Lipinski definition) is 1. The number of carbonyl (C=O) groups is 1. The minimum Gasteiger partial charge on any atom is -0.493 e. The van der Waals surface area contributed by atoms with Gasteiger partial charge in [-0.15, -0.1) is 0 Å². The lowest BCUT2D eigenvalue weighted by atomic mass is 10.1. The zero-order valence-electron chi connectivity index (χ0n) is 11.1. The van der Waals surface area contributed by atoms with Crippen LogP contribution in [-0.4, -0.2) is 25.0 Å². The summed E-state index contributed by atoms with van der Waals surface area (Å²) in [5.41, 5.74) is 0.845. The summed E-state index contributed by atoms with van der Waals surface area (Å²) in [4.78, 5) is 25.7. The van der Waals surface area contributed by atoms with Crippen LogP contribution in [0.5, 0.6) is 11.5 Å². The Kier molecular flexibility index (Phi) is 3.55. The number of Topliss-reactive ketones (excluding diaryl/α,β-unsaturated/α-hetero) is 1. The van der Waals surface area contributed by atoms with Crippen molar-refractivity contribution >= 4 is 16.7 Å². The van der Waals surface area contributed by atoms with E-state index in [-0.39, 0.29) is 17.8 Å². The molecular formula is C14H15NO4. The highest BCUT2D eigenvalue weighted by Crippen LogP contribution is 2.30. The molecule has 0 saturated carbocycles. The third kappa shape index (κ3) is 2.59. The van der Waals surface area contributed by atoms with Gasteiger partial charge in [-0.1, -0.05) is 0 Å². The van der Waals surface area contributed by atoms with Crippen LogP contribution in [-0.2, 0) is 11.2 Å². The van der Waals surface area contributed by atoms with Crippen molar-refractivity contribution in [3.63, 3.8) is 0 Å². The maximum atomic E-state index is 11.8. The summed E-state index contributed by atoms with van der Waals surface area (Å²) in [7, 11) is 3.08. The lowest BCUT2D eigenvalue weighted by molar-refractivity contribution is -0.116. The normalized spacial score (nSPS) is 10.5. The third-order valence-electron chi connectivity index (χ3n) is 2.86. The number of ketones is 1. The van der Waals surface area contributed by atoms with Gasteiger partial charge in [0.15, 0.2) is 11.5 Å². The molecule has 0 amide bonds. The average Bonchev–Trinajstić information content (AvgIpc) is 2.37. The van der Waals surface area contributed by atoms with Crippen LogP contribution >= 0.6 is 0 Å². The van der Waals surface area contributed by atoms with E-state index in [1.807, 2.05) is 0 Å². The molecule has 5 heteroatoms. The summed E-state index contributed by atoms with van der Waals surface area (Å²) in [6, 6.07) is 5.18. The smallest absolute Gasteiger partial charge is 0.252 e. The van der Waals surface area contributed by atoms with Gasteiger partial charge in [0, 0.05) is 23.4 Å². The molecular weight excluding hydrogens is 246 g/mol. The van der Waals surface area contributed by atoms with E-state index >= 15 is 0 Å². The van der Waals surface area contributed by atoms with Gasteiger partial charge in [0.2, 0.25) is 0 Å². The fourth-order valence-electron chi connectivity index (χ4n) is 1.98. The first-order chi connectivity index (χ1) is 9.05. The van der Waals surface area contributed by atoms with E-state index < -0.39 is 0 Å². The Morgan fingerprint density at radius 2 is 1.79 bits per heavy atom. The van der Waals surface area contributed by atoms with Gasteiger partial charge in [0.1, 0.15) is 5.78 Å². The van der Waals surface area contributed by atoms with Crippen molar-refractivity contribution < 1.29 is 14.3 Å². The summed E-state index contributed by atoms with van der Waals surface area (Å²) in [5, 5.41) is 0.800. The second kappa shape index (κ2) is 5.14. The molecule has 1 aromatic carbocycles. The molecule has 0 atom stereocenters. The van der Waals surface area contributed by atoms with Gasteiger partial charge >= 0.3 is 0 Å². The van der Waals surface area contributed by atoms with E-state index in [2.05, 4.69) is 4.98 Å². The Morgan fingerprint density at radius 1 is 1.16 bits per heavy atom. The van der Waals surface area contributed by atoms with E-state index in [1.54, 1.807) is 25.3 Å². The molecule has 0 aliphatic heterocycles. The Bertz CT molecular complexity index is 688. The van der Waals surface area contributed by atoms with Crippen molar-refractivity contribution in [1.29, 1.82) is 0 Å². The molecule has 2 rings (SSSR count). The predicted octanol–water partition coefficient (Wildman–Crippen LogP) is 1.68.